The van der Waals surface area contributed by atoms with E-state index >= 15 is 0 Å². The van der Waals surface area contributed by atoms with Crippen molar-refractivity contribution in [3.8, 4) is 11.4 Å². The SMILES string of the molecule is Brc1cccc(-c2nnc3sc(CN4CCc5ccccc5C4)cn23)c1. The van der Waals surface area contributed by atoms with Crippen LogP contribution in [0.5, 0.6) is 0 Å². The van der Waals surface area contributed by atoms with Gasteiger partial charge < -0.3 is 0 Å². The topological polar surface area (TPSA) is 33.4 Å². The van der Waals surface area contributed by atoms with E-state index in [4.69, 9.17) is 0 Å². The molecule has 0 atom stereocenters. The van der Waals surface area contributed by atoms with Crippen LogP contribution in [0.15, 0.2) is 59.2 Å². The highest BCUT2D eigenvalue weighted by Gasteiger charge is 2.18. The van der Waals surface area contributed by atoms with Crippen LogP contribution in [-0.2, 0) is 19.5 Å². The molecule has 4 nitrogen and oxygen atoms in total. The maximum Gasteiger partial charge on any atom is 0.216 e. The van der Waals surface area contributed by atoms with Gasteiger partial charge in [0.25, 0.3) is 0 Å². The first-order chi connectivity index (χ1) is 12.8. The monoisotopic (exact) mass is 424 g/mol. The summed E-state index contributed by atoms with van der Waals surface area (Å²) in [4.78, 5) is 4.79. The van der Waals surface area contributed by atoms with Crippen LogP contribution >= 0.6 is 27.3 Å². The number of benzene rings is 2. The summed E-state index contributed by atoms with van der Waals surface area (Å²) < 4.78 is 3.16. The van der Waals surface area contributed by atoms with E-state index in [9.17, 15) is 0 Å². The molecule has 2 aromatic carbocycles. The lowest BCUT2D eigenvalue weighted by Crippen LogP contribution is -2.29. The second kappa shape index (κ2) is 6.61. The molecule has 2 aromatic heterocycles. The van der Waals surface area contributed by atoms with Crippen molar-refractivity contribution in [3.63, 3.8) is 0 Å². The first-order valence-corrected chi connectivity index (χ1v) is 10.3. The molecule has 0 saturated carbocycles. The molecular formula is C20H17BrN4S. The van der Waals surface area contributed by atoms with Crippen molar-refractivity contribution < 1.29 is 0 Å². The number of hydrogen-bond acceptors (Lipinski definition) is 4. The summed E-state index contributed by atoms with van der Waals surface area (Å²) in [5.41, 5.74) is 4.02. The second-order valence-electron chi connectivity index (χ2n) is 6.61. The van der Waals surface area contributed by atoms with Crippen LogP contribution in [0.4, 0.5) is 0 Å². The van der Waals surface area contributed by atoms with Crippen molar-refractivity contribution in [2.45, 2.75) is 19.5 Å². The van der Waals surface area contributed by atoms with Crippen LogP contribution in [0.1, 0.15) is 16.0 Å². The summed E-state index contributed by atoms with van der Waals surface area (Å²) in [6.07, 6.45) is 3.32. The van der Waals surface area contributed by atoms with Crippen LogP contribution in [0, 0.1) is 0 Å². The van der Waals surface area contributed by atoms with Crippen LogP contribution in [0.3, 0.4) is 0 Å². The van der Waals surface area contributed by atoms with Gasteiger partial charge in [-0.15, -0.1) is 10.2 Å². The van der Waals surface area contributed by atoms with E-state index in [0.29, 0.717) is 0 Å². The summed E-state index contributed by atoms with van der Waals surface area (Å²) in [5.74, 6) is 0.896. The second-order valence-corrected chi connectivity index (χ2v) is 8.62. The number of aromatic nitrogens is 3. The molecule has 26 heavy (non-hydrogen) atoms. The number of nitrogens with zero attached hydrogens (tertiary/aromatic N) is 4. The highest BCUT2D eigenvalue weighted by molar-refractivity contribution is 9.10. The Morgan fingerprint density at radius 1 is 1.04 bits per heavy atom. The third-order valence-electron chi connectivity index (χ3n) is 4.83. The molecule has 0 aliphatic carbocycles. The number of thiazole rings is 1. The van der Waals surface area contributed by atoms with Gasteiger partial charge in [-0.2, -0.15) is 0 Å². The zero-order valence-electron chi connectivity index (χ0n) is 14.1. The molecule has 0 fully saturated rings. The minimum absolute atomic E-state index is 0.896. The minimum Gasteiger partial charge on any atom is -0.294 e. The molecular weight excluding hydrogens is 408 g/mol. The molecule has 1 aliphatic rings. The lowest BCUT2D eigenvalue weighted by molar-refractivity contribution is 0.247. The van der Waals surface area contributed by atoms with Crippen LogP contribution < -0.4 is 0 Å². The number of hydrogen-bond donors (Lipinski definition) is 0. The van der Waals surface area contributed by atoms with Gasteiger partial charge in [-0.3, -0.25) is 9.30 Å². The molecule has 0 radical (unpaired) electrons. The Balaban J connectivity index is 1.41. The van der Waals surface area contributed by atoms with E-state index in [0.717, 1.165) is 46.9 Å². The van der Waals surface area contributed by atoms with Gasteiger partial charge >= 0.3 is 0 Å². The van der Waals surface area contributed by atoms with Crippen molar-refractivity contribution in [1.29, 1.82) is 0 Å². The van der Waals surface area contributed by atoms with Crippen molar-refractivity contribution >= 4 is 32.2 Å². The molecule has 130 valence electrons. The van der Waals surface area contributed by atoms with E-state index < -0.39 is 0 Å². The number of halogens is 1. The predicted octanol–water partition coefficient (Wildman–Crippen LogP) is 4.78. The van der Waals surface area contributed by atoms with Gasteiger partial charge in [-0.1, -0.05) is 63.7 Å². The normalized spacial score (nSPS) is 14.7. The Hall–Kier alpha value is -2.02. The standard InChI is InChI=1S/C20H17BrN4S/c21-17-7-3-6-15(10-17)19-22-23-20-25(19)13-18(26-20)12-24-9-8-14-4-1-2-5-16(14)11-24/h1-7,10,13H,8-9,11-12H2. The minimum atomic E-state index is 0.896. The summed E-state index contributed by atoms with van der Waals surface area (Å²) >= 11 is 5.26. The molecule has 1 aliphatic heterocycles. The van der Waals surface area contributed by atoms with E-state index in [-0.39, 0.29) is 0 Å². The molecule has 3 heterocycles. The van der Waals surface area contributed by atoms with Gasteiger partial charge in [0.2, 0.25) is 4.96 Å². The van der Waals surface area contributed by atoms with E-state index in [1.165, 1.54) is 16.0 Å². The first-order valence-electron chi connectivity index (χ1n) is 8.65. The quantitative estimate of drug-likeness (QED) is 0.474. The van der Waals surface area contributed by atoms with Crippen LogP contribution in [0.2, 0.25) is 0 Å². The number of rotatable bonds is 3. The molecule has 0 spiro atoms. The van der Waals surface area contributed by atoms with Gasteiger partial charge in [0.1, 0.15) is 0 Å². The molecule has 0 unspecified atom stereocenters. The highest BCUT2D eigenvalue weighted by Crippen LogP contribution is 2.27. The van der Waals surface area contributed by atoms with Crippen molar-refractivity contribution in [2.24, 2.45) is 0 Å². The fraction of sp³-hybridized carbons (Fsp3) is 0.200. The predicted molar refractivity (Wildman–Crippen MR) is 108 cm³/mol. The fourth-order valence-electron chi connectivity index (χ4n) is 3.56. The zero-order chi connectivity index (χ0) is 17.5. The average Bonchev–Trinajstić information content (AvgIpc) is 3.21. The van der Waals surface area contributed by atoms with Crippen molar-refractivity contribution in [3.05, 3.63) is 75.2 Å². The van der Waals surface area contributed by atoms with Crippen molar-refractivity contribution in [1.82, 2.24) is 19.5 Å². The molecule has 0 saturated heterocycles. The Morgan fingerprint density at radius 2 is 1.92 bits per heavy atom. The number of fused-ring (bicyclic) bond motifs is 2. The maximum absolute atomic E-state index is 4.37. The Labute approximate surface area is 164 Å². The average molecular weight is 425 g/mol. The molecule has 4 aromatic rings. The maximum atomic E-state index is 4.37. The van der Waals surface area contributed by atoms with Gasteiger partial charge in [0, 0.05) is 40.7 Å². The Morgan fingerprint density at radius 3 is 2.81 bits per heavy atom. The van der Waals surface area contributed by atoms with Gasteiger partial charge in [-0.25, -0.2) is 0 Å². The summed E-state index contributed by atoms with van der Waals surface area (Å²) in [6.45, 7) is 3.08. The van der Waals surface area contributed by atoms with Gasteiger partial charge in [0.15, 0.2) is 5.82 Å². The van der Waals surface area contributed by atoms with E-state index in [1.54, 1.807) is 11.3 Å². The zero-order valence-corrected chi connectivity index (χ0v) is 16.5. The smallest absolute Gasteiger partial charge is 0.216 e. The molecule has 6 heteroatoms. The van der Waals surface area contributed by atoms with Crippen LogP contribution in [0.25, 0.3) is 16.3 Å². The Kier molecular flexibility index (Phi) is 4.11. The molecule has 5 rings (SSSR count). The molecule has 0 N–H and O–H groups in total. The summed E-state index contributed by atoms with van der Waals surface area (Å²) in [7, 11) is 0. The molecule has 0 amide bonds. The van der Waals surface area contributed by atoms with E-state index in [1.807, 2.05) is 12.1 Å². The fourth-order valence-corrected chi connectivity index (χ4v) is 4.92. The third-order valence-corrected chi connectivity index (χ3v) is 6.28. The first kappa shape index (κ1) is 16.2. The summed E-state index contributed by atoms with van der Waals surface area (Å²) in [6, 6.07) is 17.0. The third kappa shape index (κ3) is 2.98. The lowest BCUT2D eigenvalue weighted by Gasteiger charge is -2.28. The highest BCUT2D eigenvalue weighted by atomic mass is 79.9. The largest absolute Gasteiger partial charge is 0.294 e. The lowest BCUT2D eigenvalue weighted by atomic mass is 10.00. The Bertz CT molecular complexity index is 1080. The van der Waals surface area contributed by atoms with Gasteiger partial charge in [0.05, 0.1) is 0 Å². The molecule has 0 bridgehead atoms. The van der Waals surface area contributed by atoms with Gasteiger partial charge in [-0.05, 0) is 29.7 Å². The van der Waals surface area contributed by atoms with Crippen molar-refractivity contribution in [2.75, 3.05) is 6.54 Å². The van der Waals surface area contributed by atoms with E-state index in [2.05, 4.69) is 78.0 Å². The summed E-state index contributed by atoms with van der Waals surface area (Å²) in [5, 5.41) is 8.75. The van der Waals surface area contributed by atoms with Crippen LogP contribution in [-0.4, -0.2) is 26.0 Å².